The van der Waals surface area contributed by atoms with Crippen LogP contribution in [0.15, 0.2) is 54.6 Å². The highest BCUT2D eigenvalue weighted by atomic mass is 16.6. The monoisotopic (exact) mass is 448 g/mol. The van der Waals surface area contributed by atoms with Crippen molar-refractivity contribution in [1.82, 2.24) is 4.90 Å². The minimum Gasteiger partial charge on any atom is -0.453 e. The average Bonchev–Trinajstić information content (AvgIpc) is 3.24. The smallest absolute Gasteiger partial charge is 0.409 e. The summed E-state index contributed by atoms with van der Waals surface area (Å²) in [5, 5.41) is 0. The minimum atomic E-state index is -0.846. The number of hydrogen-bond donors (Lipinski definition) is 1. The van der Waals surface area contributed by atoms with Crippen LogP contribution < -0.4 is 5.73 Å². The fourth-order valence-electron chi connectivity index (χ4n) is 4.78. The molecule has 1 amide bonds. The topological polar surface area (TPSA) is 81.9 Å². The Balaban J connectivity index is 0.000000374. The summed E-state index contributed by atoms with van der Waals surface area (Å²) in [7, 11) is 1.40. The quantitative estimate of drug-likeness (QED) is 0.393. The number of ether oxygens (including phenoxy) is 2. The first-order valence-electron chi connectivity index (χ1n) is 11.3. The molecule has 0 spiro atoms. The predicted octanol–water partition coefficient (Wildman–Crippen LogP) is 4.56. The number of rotatable bonds is 1. The van der Waals surface area contributed by atoms with E-state index in [1.54, 1.807) is 4.90 Å². The first kappa shape index (κ1) is 24.2. The third-order valence-corrected chi connectivity index (χ3v) is 6.16. The Morgan fingerprint density at radius 3 is 2.48 bits per heavy atom. The number of benzene rings is 2. The van der Waals surface area contributed by atoms with Gasteiger partial charge in [-0.05, 0) is 68.4 Å². The van der Waals surface area contributed by atoms with Gasteiger partial charge in [0.25, 0.3) is 0 Å². The van der Waals surface area contributed by atoms with Crippen LogP contribution in [-0.2, 0) is 14.3 Å². The molecule has 0 radical (unpaired) electrons. The molecule has 2 aromatic rings. The van der Waals surface area contributed by atoms with Crippen molar-refractivity contribution in [2.45, 2.75) is 51.2 Å². The van der Waals surface area contributed by atoms with Crippen LogP contribution in [0.3, 0.4) is 0 Å². The number of fused-ring (bicyclic) bond motifs is 1. The number of nitrogen functional groups attached to an aromatic ring is 1. The van der Waals surface area contributed by atoms with Crippen LogP contribution in [0.5, 0.6) is 0 Å². The Labute approximate surface area is 196 Å². The number of para-hydroxylation sites is 1. The van der Waals surface area contributed by atoms with Crippen molar-refractivity contribution in [3.8, 4) is 11.8 Å². The zero-order valence-corrected chi connectivity index (χ0v) is 19.5. The van der Waals surface area contributed by atoms with Crippen molar-refractivity contribution in [3.63, 3.8) is 0 Å². The van der Waals surface area contributed by atoms with Crippen molar-refractivity contribution < 1.29 is 19.1 Å². The fourth-order valence-corrected chi connectivity index (χ4v) is 4.78. The summed E-state index contributed by atoms with van der Waals surface area (Å²) in [6, 6.07) is 17.5. The Bertz CT molecular complexity index is 1030. The van der Waals surface area contributed by atoms with Crippen LogP contribution in [-0.4, -0.2) is 42.3 Å². The minimum absolute atomic E-state index is 0.00218. The largest absolute Gasteiger partial charge is 0.453 e. The van der Waals surface area contributed by atoms with Crippen molar-refractivity contribution in [1.29, 1.82) is 0 Å². The maximum absolute atomic E-state index is 12.1. The molecule has 6 nitrogen and oxygen atoms in total. The molecule has 1 saturated heterocycles. The third kappa shape index (κ3) is 6.07. The molecule has 2 aromatic carbocycles. The van der Waals surface area contributed by atoms with Crippen LogP contribution in [0.1, 0.15) is 43.7 Å². The van der Waals surface area contributed by atoms with Crippen molar-refractivity contribution in [2.75, 3.05) is 19.4 Å². The van der Waals surface area contributed by atoms with E-state index in [9.17, 15) is 9.59 Å². The number of likely N-dealkylation sites (tertiary alicyclic amines) is 1. The second kappa shape index (κ2) is 10.9. The lowest BCUT2D eigenvalue weighted by atomic mass is 9.72. The number of aryl methyl sites for hydroxylation is 1. The summed E-state index contributed by atoms with van der Waals surface area (Å²) in [6.07, 6.45) is 2.87. The Kier molecular flexibility index (Phi) is 8.00. The van der Waals surface area contributed by atoms with Crippen LogP contribution in [0.25, 0.3) is 0 Å². The van der Waals surface area contributed by atoms with Gasteiger partial charge in [0.05, 0.1) is 7.11 Å². The van der Waals surface area contributed by atoms with Gasteiger partial charge in [-0.2, -0.15) is 0 Å². The highest BCUT2D eigenvalue weighted by Gasteiger charge is 2.53. The van der Waals surface area contributed by atoms with E-state index in [0.29, 0.717) is 13.0 Å². The lowest BCUT2D eigenvalue weighted by Crippen LogP contribution is -2.51. The molecule has 33 heavy (non-hydrogen) atoms. The molecule has 0 unspecified atom stereocenters. The molecule has 2 aliphatic rings. The van der Waals surface area contributed by atoms with Crippen LogP contribution >= 0.6 is 0 Å². The molecular weight excluding hydrogens is 416 g/mol. The van der Waals surface area contributed by atoms with Gasteiger partial charge >= 0.3 is 12.1 Å². The molecule has 2 fully saturated rings. The molecular formula is C27H32N2O4. The van der Waals surface area contributed by atoms with Crippen LogP contribution in [0, 0.1) is 24.7 Å². The van der Waals surface area contributed by atoms with Crippen LogP contribution in [0.2, 0.25) is 0 Å². The Morgan fingerprint density at radius 2 is 1.88 bits per heavy atom. The molecule has 0 bridgehead atoms. The number of anilines is 1. The van der Waals surface area contributed by atoms with Crippen molar-refractivity contribution in [3.05, 3.63) is 65.7 Å². The average molecular weight is 449 g/mol. The molecule has 4 rings (SSSR count). The highest BCUT2D eigenvalue weighted by Crippen LogP contribution is 2.45. The van der Waals surface area contributed by atoms with E-state index in [0.717, 1.165) is 36.1 Å². The van der Waals surface area contributed by atoms with Gasteiger partial charge in [-0.25, -0.2) is 4.79 Å². The Hall–Kier alpha value is -3.46. The summed E-state index contributed by atoms with van der Waals surface area (Å²) >= 11 is 0. The van der Waals surface area contributed by atoms with Gasteiger partial charge in [-0.1, -0.05) is 36.3 Å². The number of carbonyl (C=O) groups excluding carboxylic acids is 2. The number of carbonyl (C=O) groups is 2. The molecule has 1 aliphatic heterocycles. The van der Waals surface area contributed by atoms with Gasteiger partial charge in [-0.3, -0.25) is 4.79 Å². The molecule has 3 atom stereocenters. The predicted molar refractivity (Wildman–Crippen MR) is 128 cm³/mol. The number of nitrogens with zero attached hydrogens (tertiary/aromatic N) is 1. The normalized spacial score (nSPS) is 23.2. The van der Waals surface area contributed by atoms with E-state index < -0.39 is 5.60 Å². The molecule has 1 aliphatic carbocycles. The number of esters is 1. The first-order chi connectivity index (χ1) is 15.8. The number of methoxy groups -OCH3 is 1. The van der Waals surface area contributed by atoms with Gasteiger partial charge in [0, 0.05) is 36.7 Å². The first-order valence-corrected chi connectivity index (χ1v) is 11.3. The summed E-state index contributed by atoms with van der Waals surface area (Å²) in [6.45, 7) is 4.05. The molecule has 174 valence electrons. The maximum Gasteiger partial charge on any atom is 0.409 e. The standard InChI is InChI=1S/C21H25NO4.C6H7N/c1-15-6-4-7-17(14-15)9-12-21(26-16(2)23)11-5-8-19-18(21)10-13-22(19)20(24)25-3;7-6-4-2-1-3-5-6/h4,6-7,14,18-19H,5,8,10-11,13H2,1-3H3;1-5H,7H2/t18-,19-,21-;/m1./s1. The van der Waals surface area contributed by atoms with E-state index in [1.165, 1.54) is 14.0 Å². The van der Waals surface area contributed by atoms with Crippen molar-refractivity contribution >= 4 is 17.7 Å². The second-order valence-corrected chi connectivity index (χ2v) is 8.53. The summed E-state index contributed by atoms with van der Waals surface area (Å²) in [5.41, 5.74) is 7.37. The lowest BCUT2D eigenvalue weighted by molar-refractivity contribution is -0.159. The van der Waals surface area contributed by atoms with Gasteiger partial charge in [0.1, 0.15) is 0 Å². The summed E-state index contributed by atoms with van der Waals surface area (Å²) in [4.78, 5) is 25.7. The number of nitrogens with two attached hydrogens (primary N) is 1. The van der Waals surface area contributed by atoms with E-state index in [2.05, 4.69) is 11.8 Å². The number of amides is 1. The van der Waals surface area contributed by atoms with Gasteiger partial charge < -0.3 is 20.1 Å². The lowest BCUT2D eigenvalue weighted by Gasteiger charge is -2.42. The molecule has 1 heterocycles. The van der Waals surface area contributed by atoms with Gasteiger partial charge in [0.15, 0.2) is 5.60 Å². The fraction of sp³-hybridized carbons (Fsp3) is 0.407. The molecule has 1 saturated carbocycles. The third-order valence-electron chi connectivity index (χ3n) is 6.16. The zero-order valence-electron chi connectivity index (χ0n) is 19.5. The second-order valence-electron chi connectivity index (χ2n) is 8.53. The summed E-state index contributed by atoms with van der Waals surface area (Å²) in [5.74, 6) is 6.18. The number of hydrogen-bond acceptors (Lipinski definition) is 5. The van der Waals surface area contributed by atoms with E-state index >= 15 is 0 Å². The molecule has 0 aromatic heterocycles. The SMILES string of the molecule is COC(=O)N1CC[C@@H]2[C@H]1CCC[C@]2(C#Cc1cccc(C)c1)OC(C)=O.Nc1ccccc1. The molecule has 2 N–H and O–H groups in total. The van der Waals surface area contributed by atoms with Crippen molar-refractivity contribution in [2.24, 2.45) is 5.92 Å². The van der Waals surface area contributed by atoms with Gasteiger partial charge in [-0.15, -0.1) is 0 Å². The summed E-state index contributed by atoms with van der Waals surface area (Å²) < 4.78 is 10.7. The molecule has 6 heteroatoms. The highest BCUT2D eigenvalue weighted by molar-refractivity contribution is 5.69. The van der Waals surface area contributed by atoms with Crippen LogP contribution in [0.4, 0.5) is 10.5 Å². The Morgan fingerprint density at radius 1 is 1.12 bits per heavy atom. The van der Waals surface area contributed by atoms with Gasteiger partial charge in [0.2, 0.25) is 0 Å². The van der Waals surface area contributed by atoms with E-state index in [-0.39, 0.29) is 24.0 Å². The van der Waals surface area contributed by atoms with E-state index in [1.807, 2.05) is 61.5 Å². The van der Waals surface area contributed by atoms with E-state index in [4.69, 9.17) is 15.2 Å². The zero-order chi connectivity index (χ0) is 23.8. The maximum atomic E-state index is 12.1.